The van der Waals surface area contributed by atoms with Crippen molar-refractivity contribution in [2.75, 3.05) is 0 Å². The Kier molecular flexibility index (Phi) is 3.47. The van der Waals surface area contributed by atoms with Crippen LogP contribution in [0.15, 0.2) is 48.5 Å². The summed E-state index contributed by atoms with van der Waals surface area (Å²) in [5, 5.41) is 0. The fourth-order valence-corrected chi connectivity index (χ4v) is 1.99. The van der Waals surface area contributed by atoms with Crippen LogP contribution >= 0.6 is 0 Å². The van der Waals surface area contributed by atoms with Gasteiger partial charge in [-0.3, -0.25) is 4.79 Å². The average molecular weight is 260 g/mol. The fourth-order valence-electron chi connectivity index (χ4n) is 1.99. The van der Waals surface area contributed by atoms with E-state index in [4.69, 9.17) is 0 Å². The van der Waals surface area contributed by atoms with Crippen LogP contribution in [0.1, 0.15) is 29.8 Å². The van der Waals surface area contributed by atoms with Gasteiger partial charge in [-0.25, -0.2) is 8.78 Å². The third kappa shape index (κ3) is 2.55. The van der Waals surface area contributed by atoms with Gasteiger partial charge in [-0.1, -0.05) is 30.3 Å². The molecule has 2 aromatic rings. The molecule has 0 heterocycles. The molecule has 0 aliphatic carbocycles. The number of rotatable bonds is 3. The Labute approximate surface area is 110 Å². The summed E-state index contributed by atoms with van der Waals surface area (Å²) >= 11 is 0. The van der Waals surface area contributed by atoms with Gasteiger partial charge in [0.1, 0.15) is 11.6 Å². The first kappa shape index (κ1) is 13.4. The molecule has 0 atom stereocenters. The Hall–Kier alpha value is -2.03. The molecule has 0 N–H and O–H groups in total. The molecule has 0 aliphatic rings. The Morgan fingerprint density at radius 2 is 1.63 bits per heavy atom. The molecule has 98 valence electrons. The van der Waals surface area contributed by atoms with Crippen LogP contribution in [0.3, 0.4) is 0 Å². The number of hydrogen-bond donors (Lipinski definition) is 0. The second-order valence-corrected chi connectivity index (χ2v) is 4.94. The molecule has 19 heavy (non-hydrogen) atoms. The lowest BCUT2D eigenvalue weighted by Crippen LogP contribution is -2.30. The summed E-state index contributed by atoms with van der Waals surface area (Å²) in [7, 11) is 0. The topological polar surface area (TPSA) is 17.1 Å². The van der Waals surface area contributed by atoms with Gasteiger partial charge in [0.25, 0.3) is 0 Å². The molecule has 0 spiro atoms. The third-order valence-corrected chi connectivity index (χ3v) is 3.24. The maximum Gasteiger partial charge on any atom is 0.175 e. The van der Waals surface area contributed by atoms with Crippen molar-refractivity contribution in [3.63, 3.8) is 0 Å². The quantitative estimate of drug-likeness (QED) is 0.758. The number of benzene rings is 2. The molecule has 2 aromatic carbocycles. The van der Waals surface area contributed by atoms with E-state index in [-0.39, 0.29) is 5.56 Å². The molecular formula is C16H14F2O. The summed E-state index contributed by atoms with van der Waals surface area (Å²) in [5.74, 6) is -1.75. The van der Waals surface area contributed by atoms with Gasteiger partial charge in [0.05, 0.1) is 11.0 Å². The molecule has 0 bridgehead atoms. The highest BCUT2D eigenvalue weighted by molar-refractivity contribution is 6.03. The van der Waals surface area contributed by atoms with E-state index >= 15 is 0 Å². The third-order valence-electron chi connectivity index (χ3n) is 3.24. The van der Waals surface area contributed by atoms with Gasteiger partial charge in [0.15, 0.2) is 5.78 Å². The van der Waals surface area contributed by atoms with E-state index in [1.165, 1.54) is 0 Å². The molecule has 2 rings (SSSR count). The molecule has 0 fully saturated rings. The van der Waals surface area contributed by atoms with Crippen LogP contribution < -0.4 is 0 Å². The monoisotopic (exact) mass is 260 g/mol. The van der Waals surface area contributed by atoms with Gasteiger partial charge >= 0.3 is 0 Å². The minimum absolute atomic E-state index is 0.214. The predicted octanol–water partition coefficient (Wildman–Crippen LogP) is 4.13. The van der Waals surface area contributed by atoms with E-state index < -0.39 is 22.8 Å². The molecule has 0 unspecified atom stereocenters. The molecule has 0 radical (unpaired) electrons. The lowest BCUT2D eigenvalue weighted by molar-refractivity contribution is 0.0904. The highest BCUT2D eigenvalue weighted by atomic mass is 19.1. The molecule has 0 saturated heterocycles. The first-order valence-corrected chi connectivity index (χ1v) is 5.98. The number of carbonyl (C=O) groups is 1. The number of halogens is 2. The second kappa shape index (κ2) is 4.92. The van der Waals surface area contributed by atoms with E-state index in [0.29, 0.717) is 0 Å². The Morgan fingerprint density at radius 1 is 1.00 bits per heavy atom. The van der Waals surface area contributed by atoms with E-state index in [9.17, 15) is 13.6 Å². The Balaban J connectivity index is 2.46. The van der Waals surface area contributed by atoms with Gasteiger partial charge < -0.3 is 0 Å². The summed E-state index contributed by atoms with van der Waals surface area (Å²) < 4.78 is 26.9. The summed E-state index contributed by atoms with van der Waals surface area (Å²) in [5.41, 5.74) is -0.354. The summed E-state index contributed by atoms with van der Waals surface area (Å²) in [6.45, 7) is 3.41. The van der Waals surface area contributed by atoms with Crippen LogP contribution in [-0.4, -0.2) is 5.78 Å². The van der Waals surface area contributed by atoms with E-state index in [2.05, 4.69) is 0 Å². The minimum Gasteiger partial charge on any atom is -0.293 e. The van der Waals surface area contributed by atoms with Crippen molar-refractivity contribution in [1.29, 1.82) is 0 Å². The molecule has 0 amide bonds. The van der Waals surface area contributed by atoms with Crippen LogP contribution in [0.4, 0.5) is 8.78 Å². The number of Topliss-reactive ketones (excluding diaryl/α,β-unsaturated/α-hetero) is 1. The maximum atomic E-state index is 13.7. The number of carbonyl (C=O) groups excluding carboxylic acids is 1. The van der Waals surface area contributed by atoms with E-state index in [1.54, 1.807) is 26.0 Å². The van der Waals surface area contributed by atoms with Gasteiger partial charge in [-0.2, -0.15) is 0 Å². The van der Waals surface area contributed by atoms with Gasteiger partial charge in [-0.15, -0.1) is 0 Å². The standard InChI is InChI=1S/C16H14F2O/c1-16(2,11-6-4-3-5-7-11)15(19)13-10-12(17)8-9-14(13)18/h3-10H,1-2H3. The van der Waals surface area contributed by atoms with Crippen molar-refractivity contribution in [2.45, 2.75) is 19.3 Å². The minimum atomic E-state index is -0.907. The highest BCUT2D eigenvalue weighted by Crippen LogP contribution is 2.28. The SMILES string of the molecule is CC(C)(C(=O)c1cc(F)ccc1F)c1ccccc1. The molecule has 0 aliphatic heterocycles. The summed E-state index contributed by atoms with van der Waals surface area (Å²) in [4.78, 5) is 12.4. The van der Waals surface area contributed by atoms with Crippen molar-refractivity contribution >= 4 is 5.78 Å². The van der Waals surface area contributed by atoms with Crippen LogP contribution in [0, 0.1) is 11.6 Å². The van der Waals surface area contributed by atoms with Gasteiger partial charge in [0, 0.05) is 0 Å². The van der Waals surface area contributed by atoms with Crippen LogP contribution in [0.5, 0.6) is 0 Å². The number of ketones is 1. The Bertz CT molecular complexity index is 603. The molecular weight excluding hydrogens is 246 g/mol. The van der Waals surface area contributed by atoms with E-state index in [0.717, 1.165) is 23.8 Å². The average Bonchev–Trinajstić information content (AvgIpc) is 2.41. The molecule has 3 heteroatoms. The van der Waals surface area contributed by atoms with Crippen molar-refractivity contribution in [2.24, 2.45) is 0 Å². The van der Waals surface area contributed by atoms with Gasteiger partial charge in [0.2, 0.25) is 0 Å². The fraction of sp³-hybridized carbons (Fsp3) is 0.188. The van der Waals surface area contributed by atoms with Crippen LogP contribution in [0.2, 0.25) is 0 Å². The largest absolute Gasteiger partial charge is 0.293 e. The van der Waals surface area contributed by atoms with Gasteiger partial charge in [-0.05, 0) is 37.6 Å². The van der Waals surface area contributed by atoms with Crippen molar-refractivity contribution in [1.82, 2.24) is 0 Å². The summed E-state index contributed by atoms with van der Waals surface area (Å²) in [6.07, 6.45) is 0. The normalized spacial score (nSPS) is 11.4. The number of hydrogen-bond acceptors (Lipinski definition) is 1. The van der Waals surface area contributed by atoms with Crippen molar-refractivity contribution in [3.8, 4) is 0 Å². The van der Waals surface area contributed by atoms with Crippen molar-refractivity contribution < 1.29 is 13.6 Å². The zero-order valence-corrected chi connectivity index (χ0v) is 10.8. The first-order valence-electron chi connectivity index (χ1n) is 5.98. The zero-order valence-electron chi connectivity index (χ0n) is 10.8. The molecule has 0 aromatic heterocycles. The second-order valence-electron chi connectivity index (χ2n) is 4.94. The van der Waals surface area contributed by atoms with Crippen LogP contribution in [-0.2, 0) is 5.41 Å². The van der Waals surface area contributed by atoms with Crippen LogP contribution in [0.25, 0.3) is 0 Å². The van der Waals surface area contributed by atoms with E-state index in [1.807, 2.05) is 18.2 Å². The predicted molar refractivity (Wildman–Crippen MR) is 70.2 cm³/mol. The first-order chi connectivity index (χ1) is 8.93. The van der Waals surface area contributed by atoms with Crippen molar-refractivity contribution in [3.05, 3.63) is 71.3 Å². The lowest BCUT2D eigenvalue weighted by Gasteiger charge is -2.24. The molecule has 0 saturated carbocycles. The smallest absolute Gasteiger partial charge is 0.175 e. The lowest BCUT2D eigenvalue weighted by atomic mass is 9.78. The molecule has 1 nitrogen and oxygen atoms in total. The Morgan fingerprint density at radius 3 is 2.26 bits per heavy atom. The highest BCUT2D eigenvalue weighted by Gasteiger charge is 2.32. The zero-order chi connectivity index (χ0) is 14.0. The maximum absolute atomic E-state index is 13.7. The summed E-state index contributed by atoms with van der Waals surface area (Å²) in [6, 6.07) is 12.0.